The topological polar surface area (TPSA) is 54.4 Å². The number of ketones is 2. The van der Waals surface area contributed by atoms with E-state index in [1.54, 1.807) is 24.3 Å². The number of rotatable bonds is 1. The van der Waals surface area contributed by atoms with E-state index in [0.29, 0.717) is 16.7 Å². The number of benzene rings is 1. The minimum atomic E-state index is -0.401. The fourth-order valence-electron chi connectivity index (χ4n) is 3.51. The van der Waals surface area contributed by atoms with E-state index in [9.17, 15) is 14.7 Å². The molecule has 0 unspecified atom stereocenters. The highest BCUT2D eigenvalue weighted by Crippen LogP contribution is 2.35. The van der Waals surface area contributed by atoms with Gasteiger partial charge in [0.1, 0.15) is 0 Å². The Morgan fingerprint density at radius 2 is 1.33 bits per heavy atom. The lowest BCUT2D eigenvalue weighted by Gasteiger charge is -2.26. The van der Waals surface area contributed by atoms with Gasteiger partial charge in [0, 0.05) is 16.7 Å². The van der Waals surface area contributed by atoms with Crippen molar-refractivity contribution in [2.24, 2.45) is 5.92 Å². The molecular weight excluding hydrogens is 264 g/mol. The molecule has 0 saturated heterocycles. The van der Waals surface area contributed by atoms with Gasteiger partial charge in [-0.2, -0.15) is 0 Å². The second kappa shape index (κ2) is 5.84. The molecule has 21 heavy (non-hydrogen) atoms. The average Bonchev–Trinajstić information content (AvgIpc) is 2.47. The molecule has 2 aliphatic carbocycles. The molecule has 1 aromatic carbocycles. The molecule has 110 valence electrons. The van der Waals surface area contributed by atoms with E-state index < -0.39 is 5.78 Å². The third kappa shape index (κ3) is 2.53. The van der Waals surface area contributed by atoms with E-state index in [1.807, 2.05) is 0 Å². The Kier molecular flexibility index (Phi) is 3.91. The lowest BCUT2D eigenvalue weighted by Crippen LogP contribution is -2.26. The molecule has 3 nitrogen and oxygen atoms in total. The minimum Gasteiger partial charge on any atom is -0.504 e. The van der Waals surface area contributed by atoms with Crippen molar-refractivity contribution >= 4 is 11.6 Å². The quantitative estimate of drug-likeness (QED) is 0.839. The summed E-state index contributed by atoms with van der Waals surface area (Å²) in [6, 6.07) is 6.78. The van der Waals surface area contributed by atoms with Crippen LogP contribution >= 0.6 is 0 Å². The van der Waals surface area contributed by atoms with Gasteiger partial charge in [0.05, 0.1) is 0 Å². The first kappa shape index (κ1) is 14.1. The van der Waals surface area contributed by atoms with E-state index in [-0.39, 0.29) is 17.5 Å². The molecule has 0 amide bonds. The SMILES string of the molecule is O=C1C(O)=C(C2CCCCCCC2)C(=O)c2ccccc21. The van der Waals surface area contributed by atoms with Crippen LogP contribution in [-0.2, 0) is 0 Å². The number of fused-ring (bicyclic) bond motifs is 1. The van der Waals surface area contributed by atoms with E-state index in [0.717, 1.165) is 25.7 Å². The van der Waals surface area contributed by atoms with Crippen LogP contribution in [0, 0.1) is 5.92 Å². The summed E-state index contributed by atoms with van der Waals surface area (Å²) in [5, 5.41) is 10.3. The first-order chi connectivity index (χ1) is 10.2. The summed E-state index contributed by atoms with van der Waals surface area (Å²) in [7, 11) is 0. The van der Waals surface area contributed by atoms with E-state index in [1.165, 1.54) is 19.3 Å². The van der Waals surface area contributed by atoms with Crippen LogP contribution in [0.1, 0.15) is 65.7 Å². The van der Waals surface area contributed by atoms with Crippen LogP contribution in [0.3, 0.4) is 0 Å². The predicted molar refractivity (Wildman–Crippen MR) is 80.6 cm³/mol. The van der Waals surface area contributed by atoms with Crippen molar-refractivity contribution in [3.05, 3.63) is 46.7 Å². The maximum atomic E-state index is 12.7. The predicted octanol–water partition coefficient (Wildman–Crippen LogP) is 4.24. The zero-order valence-electron chi connectivity index (χ0n) is 12.1. The van der Waals surface area contributed by atoms with Crippen molar-refractivity contribution in [1.82, 2.24) is 0 Å². The van der Waals surface area contributed by atoms with Gasteiger partial charge >= 0.3 is 0 Å². The summed E-state index contributed by atoms with van der Waals surface area (Å²) in [4.78, 5) is 25.0. The summed E-state index contributed by atoms with van der Waals surface area (Å²) < 4.78 is 0. The Morgan fingerprint density at radius 1 is 0.810 bits per heavy atom. The third-order valence-electron chi connectivity index (χ3n) is 4.64. The van der Waals surface area contributed by atoms with Gasteiger partial charge in [-0.1, -0.05) is 56.4 Å². The molecule has 0 bridgehead atoms. The number of carbonyl (C=O) groups excluding carboxylic acids is 2. The van der Waals surface area contributed by atoms with Gasteiger partial charge in [-0.25, -0.2) is 0 Å². The number of Topliss-reactive ketones (excluding diaryl/α,β-unsaturated/α-hetero) is 2. The maximum absolute atomic E-state index is 12.7. The van der Waals surface area contributed by atoms with Crippen LogP contribution < -0.4 is 0 Å². The molecule has 0 aromatic heterocycles. The molecule has 0 spiro atoms. The Bertz CT molecular complexity index is 605. The molecule has 0 heterocycles. The molecule has 0 atom stereocenters. The molecule has 0 aliphatic heterocycles. The van der Waals surface area contributed by atoms with E-state index in [4.69, 9.17) is 0 Å². The van der Waals surface area contributed by atoms with Crippen molar-refractivity contribution in [2.45, 2.75) is 44.9 Å². The summed E-state index contributed by atoms with van der Waals surface area (Å²) >= 11 is 0. The highest BCUT2D eigenvalue weighted by molar-refractivity contribution is 6.26. The molecule has 0 radical (unpaired) electrons. The lowest BCUT2D eigenvalue weighted by atomic mass is 9.77. The molecule has 2 aliphatic rings. The Hall–Kier alpha value is -1.90. The number of aliphatic hydroxyl groups excluding tert-OH is 1. The highest BCUT2D eigenvalue weighted by Gasteiger charge is 2.35. The number of hydrogen-bond donors (Lipinski definition) is 1. The number of carbonyl (C=O) groups is 2. The van der Waals surface area contributed by atoms with Gasteiger partial charge in [0.15, 0.2) is 11.5 Å². The summed E-state index contributed by atoms with van der Waals surface area (Å²) in [6.45, 7) is 0. The normalized spacial score (nSPS) is 21.0. The largest absolute Gasteiger partial charge is 0.504 e. The minimum absolute atomic E-state index is 0.0232. The second-order valence-corrected chi connectivity index (χ2v) is 6.01. The van der Waals surface area contributed by atoms with Gasteiger partial charge in [-0.3, -0.25) is 9.59 Å². The maximum Gasteiger partial charge on any atom is 0.228 e. The van der Waals surface area contributed by atoms with Gasteiger partial charge in [0.25, 0.3) is 0 Å². The van der Waals surface area contributed by atoms with Gasteiger partial charge < -0.3 is 5.11 Å². The van der Waals surface area contributed by atoms with Crippen LogP contribution in [0.25, 0.3) is 0 Å². The second-order valence-electron chi connectivity index (χ2n) is 6.01. The molecule has 3 heteroatoms. The van der Waals surface area contributed by atoms with Crippen LogP contribution in [0.5, 0.6) is 0 Å². The highest BCUT2D eigenvalue weighted by atomic mass is 16.3. The number of allylic oxidation sites excluding steroid dienone is 2. The first-order valence-electron chi connectivity index (χ1n) is 7.81. The Balaban J connectivity index is 1.99. The Labute approximate surface area is 124 Å². The third-order valence-corrected chi connectivity index (χ3v) is 4.64. The molecule has 1 aromatic rings. The zero-order valence-corrected chi connectivity index (χ0v) is 12.1. The standard InChI is InChI=1S/C18H20O3/c19-16-13-10-6-7-11-14(13)17(20)18(21)15(16)12-8-4-2-1-3-5-9-12/h6-7,10-12,21H,1-5,8-9H2. The van der Waals surface area contributed by atoms with Crippen molar-refractivity contribution in [1.29, 1.82) is 0 Å². The van der Waals surface area contributed by atoms with E-state index >= 15 is 0 Å². The van der Waals surface area contributed by atoms with Crippen LogP contribution in [0.15, 0.2) is 35.6 Å². The lowest BCUT2D eigenvalue weighted by molar-refractivity contribution is 0.0916. The van der Waals surface area contributed by atoms with Crippen molar-refractivity contribution in [3.63, 3.8) is 0 Å². The monoisotopic (exact) mass is 284 g/mol. The number of hydrogen-bond acceptors (Lipinski definition) is 3. The number of aliphatic hydroxyl groups is 1. The molecule has 3 rings (SSSR count). The van der Waals surface area contributed by atoms with Crippen LogP contribution in [0.4, 0.5) is 0 Å². The van der Waals surface area contributed by atoms with Crippen LogP contribution in [0.2, 0.25) is 0 Å². The summed E-state index contributed by atoms with van der Waals surface area (Å²) in [6.07, 6.45) is 7.48. The van der Waals surface area contributed by atoms with Crippen molar-refractivity contribution < 1.29 is 14.7 Å². The zero-order chi connectivity index (χ0) is 14.8. The van der Waals surface area contributed by atoms with Gasteiger partial charge in [-0.15, -0.1) is 0 Å². The van der Waals surface area contributed by atoms with Gasteiger partial charge in [0.2, 0.25) is 5.78 Å². The van der Waals surface area contributed by atoms with Crippen LogP contribution in [-0.4, -0.2) is 16.7 Å². The Morgan fingerprint density at radius 3 is 1.95 bits per heavy atom. The summed E-state index contributed by atoms with van der Waals surface area (Å²) in [5.74, 6) is -0.852. The molecule has 1 saturated carbocycles. The fraction of sp³-hybridized carbons (Fsp3) is 0.444. The van der Waals surface area contributed by atoms with Crippen molar-refractivity contribution in [3.8, 4) is 0 Å². The molecular formula is C18H20O3. The van der Waals surface area contributed by atoms with Crippen molar-refractivity contribution in [2.75, 3.05) is 0 Å². The van der Waals surface area contributed by atoms with E-state index in [2.05, 4.69) is 0 Å². The molecule has 1 N–H and O–H groups in total. The first-order valence-corrected chi connectivity index (χ1v) is 7.81. The summed E-state index contributed by atoms with van der Waals surface area (Å²) in [5.41, 5.74) is 1.13. The average molecular weight is 284 g/mol. The smallest absolute Gasteiger partial charge is 0.228 e. The fourth-order valence-corrected chi connectivity index (χ4v) is 3.51. The molecule has 1 fully saturated rings. The van der Waals surface area contributed by atoms with Gasteiger partial charge in [-0.05, 0) is 18.8 Å².